The van der Waals surface area contributed by atoms with Gasteiger partial charge in [0.15, 0.2) is 34.9 Å². The van der Waals surface area contributed by atoms with Gasteiger partial charge in [-0.2, -0.15) is 0 Å². The number of rotatable bonds is 8. The highest BCUT2D eigenvalue weighted by Gasteiger charge is 2.18. The maximum atomic E-state index is 5.13. The Kier molecular flexibility index (Phi) is 9.10. The number of aromatic nitrogens is 6. The number of benzene rings is 8. The number of hydrogen-bond acceptors (Lipinski definition) is 6. The summed E-state index contributed by atoms with van der Waals surface area (Å²) in [4.78, 5) is 30.3. The average molecular weight is 743 g/mol. The van der Waals surface area contributed by atoms with Gasteiger partial charge in [-0.25, -0.2) is 29.9 Å². The molecule has 6 nitrogen and oxygen atoms in total. The Balaban J connectivity index is 1.12. The molecule has 0 aliphatic rings. The van der Waals surface area contributed by atoms with Crippen molar-refractivity contribution in [2.75, 3.05) is 0 Å². The molecule has 0 spiro atoms. The van der Waals surface area contributed by atoms with Crippen molar-refractivity contribution in [3.63, 3.8) is 0 Å². The van der Waals surface area contributed by atoms with Gasteiger partial charge in [-0.15, -0.1) is 0 Å². The molecule has 0 N–H and O–H groups in total. The summed E-state index contributed by atoms with van der Waals surface area (Å²) in [7, 11) is 0. The van der Waals surface area contributed by atoms with Crippen LogP contribution in [0.2, 0.25) is 0 Å². The van der Waals surface area contributed by atoms with Crippen LogP contribution in [0, 0.1) is 0 Å². The van der Waals surface area contributed by atoms with Crippen molar-refractivity contribution < 1.29 is 0 Å². The predicted octanol–water partition coefficient (Wildman–Crippen LogP) is 12.5. The van der Waals surface area contributed by atoms with Crippen molar-refractivity contribution in [1.29, 1.82) is 0 Å². The molecule has 0 bridgehead atoms. The molecule has 0 aliphatic carbocycles. The van der Waals surface area contributed by atoms with E-state index in [2.05, 4.69) is 109 Å². The molecule has 10 aromatic rings. The van der Waals surface area contributed by atoms with Gasteiger partial charge in [0.25, 0.3) is 0 Å². The molecule has 10 rings (SSSR count). The third-order valence-corrected chi connectivity index (χ3v) is 10.2. The summed E-state index contributed by atoms with van der Waals surface area (Å²) in [5, 5.41) is 2.30. The minimum Gasteiger partial charge on any atom is -0.208 e. The quantitative estimate of drug-likeness (QED) is 0.154. The van der Waals surface area contributed by atoms with Crippen LogP contribution in [0.25, 0.3) is 101 Å². The minimum absolute atomic E-state index is 0.592. The molecular formula is C52H34N6. The average Bonchev–Trinajstić information content (AvgIpc) is 3.32. The van der Waals surface area contributed by atoms with Crippen LogP contribution in [-0.4, -0.2) is 29.9 Å². The van der Waals surface area contributed by atoms with E-state index in [1.165, 1.54) is 5.39 Å². The van der Waals surface area contributed by atoms with Crippen LogP contribution in [0.5, 0.6) is 0 Å². The summed E-state index contributed by atoms with van der Waals surface area (Å²) in [5.74, 6) is 3.65. The van der Waals surface area contributed by atoms with Gasteiger partial charge < -0.3 is 0 Å². The minimum atomic E-state index is 0.592. The molecule has 0 radical (unpaired) electrons. The lowest BCUT2D eigenvalue weighted by atomic mass is 9.93. The maximum absolute atomic E-state index is 5.13. The molecule has 0 saturated carbocycles. The van der Waals surface area contributed by atoms with Crippen molar-refractivity contribution in [2.24, 2.45) is 0 Å². The van der Waals surface area contributed by atoms with E-state index in [0.29, 0.717) is 34.9 Å². The molecule has 58 heavy (non-hydrogen) atoms. The van der Waals surface area contributed by atoms with Gasteiger partial charge in [-0.1, -0.05) is 188 Å². The Morgan fingerprint density at radius 1 is 0.190 bits per heavy atom. The van der Waals surface area contributed by atoms with Gasteiger partial charge in [-0.05, 0) is 51.2 Å². The first-order valence-electron chi connectivity index (χ1n) is 19.2. The highest BCUT2D eigenvalue weighted by atomic mass is 15.0. The van der Waals surface area contributed by atoms with Gasteiger partial charge in [0.1, 0.15) is 0 Å². The lowest BCUT2D eigenvalue weighted by Crippen LogP contribution is -2.01. The molecule has 272 valence electrons. The van der Waals surface area contributed by atoms with Crippen molar-refractivity contribution >= 4 is 10.8 Å². The largest absolute Gasteiger partial charge is 0.208 e. The first-order chi connectivity index (χ1) is 28.7. The first kappa shape index (κ1) is 34.5. The van der Waals surface area contributed by atoms with E-state index >= 15 is 0 Å². The van der Waals surface area contributed by atoms with E-state index in [1.54, 1.807) is 0 Å². The Bertz CT molecular complexity index is 2990. The second-order valence-electron chi connectivity index (χ2n) is 14.0. The number of fused-ring (bicyclic) bond motifs is 1. The van der Waals surface area contributed by atoms with Crippen LogP contribution in [0.3, 0.4) is 0 Å². The summed E-state index contributed by atoms with van der Waals surface area (Å²) in [6, 6.07) is 70.1. The SMILES string of the molecule is c1ccc(-c2nc(-c3cccc(-c4ccc(-c5ccccc5)c(-c5nc(-c6ccccc6)nc(-c6ccccc6)n5)c4)c3)nc(-c3ccc4ccccc4c3)n2)cc1. The van der Waals surface area contributed by atoms with Gasteiger partial charge in [0, 0.05) is 33.4 Å². The zero-order valence-corrected chi connectivity index (χ0v) is 31.3. The molecule has 0 atom stereocenters. The van der Waals surface area contributed by atoms with Crippen molar-refractivity contribution in [3.8, 4) is 90.6 Å². The van der Waals surface area contributed by atoms with Gasteiger partial charge in [-0.3, -0.25) is 0 Å². The third-order valence-electron chi connectivity index (χ3n) is 10.2. The van der Waals surface area contributed by atoms with E-state index in [4.69, 9.17) is 29.9 Å². The monoisotopic (exact) mass is 742 g/mol. The number of hydrogen-bond donors (Lipinski definition) is 0. The van der Waals surface area contributed by atoms with E-state index in [9.17, 15) is 0 Å². The fourth-order valence-corrected chi connectivity index (χ4v) is 7.22. The molecule has 0 aliphatic heterocycles. The van der Waals surface area contributed by atoms with Crippen LogP contribution in [0.4, 0.5) is 0 Å². The fourth-order valence-electron chi connectivity index (χ4n) is 7.22. The van der Waals surface area contributed by atoms with E-state index in [-0.39, 0.29) is 0 Å². The van der Waals surface area contributed by atoms with E-state index in [1.807, 2.05) is 97.1 Å². The molecule has 6 heteroatoms. The van der Waals surface area contributed by atoms with E-state index in [0.717, 1.165) is 61.0 Å². The van der Waals surface area contributed by atoms with Crippen molar-refractivity contribution in [3.05, 3.63) is 206 Å². The van der Waals surface area contributed by atoms with Crippen molar-refractivity contribution in [1.82, 2.24) is 29.9 Å². The van der Waals surface area contributed by atoms with Crippen LogP contribution >= 0.6 is 0 Å². The molecule has 2 heterocycles. The summed E-state index contributed by atoms with van der Waals surface area (Å²) in [6.07, 6.45) is 0. The summed E-state index contributed by atoms with van der Waals surface area (Å²) in [6.45, 7) is 0. The Morgan fingerprint density at radius 2 is 0.569 bits per heavy atom. The van der Waals surface area contributed by atoms with Crippen LogP contribution in [0.1, 0.15) is 0 Å². The Morgan fingerprint density at radius 3 is 1.12 bits per heavy atom. The van der Waals surface area contributed by atoms with Gasteiger partial charge in [0.05, 0.1) is 0 Å². The topological polar surface area (TPSA) is 77.3 Å². The highest BCUT2D eigenvalue weighted by molar-refractivity contribution is 5.88. The normalized spacial score (nSPS) is 11.1. The number of nitrogens with zero attached hydrogens (tertiary/aromatic N) is 6. The third kappa shape index (κ3) is 7.02. The van der Waals surface area contributed by atoms with Crippen LogP contribution in [-0.2, 0) is 0 Å². The zero-order valence-electron chi connectivity index (χ0n) is 31.3. The summed E-state index contributed by atoms with van der Waals surface area (Å²) in [5.41, 5.74) is 9.58. The molecule has 0 amide bonds. The second kappa shape index (κ2) is 15.3. The Hall–Kier alpha value is -7.96. The molecule has 8 aromatic carbocycles. The molecule has 0 fully saturated rings. The maximum Gasteiger partial charge on any atom is 0.164 e. The second-order valence-corrected chi connectivity index (χ2v) is 14.0. The van der Waals surface area contributed by atoms with Crippen molar-refractivity contribution in [2.45, 2.75) is 0 Å². The Labute approximate surface area is 336 Å². The summed E-state index contributed by atoms with van der Waals surface area (Å²) >= 11 is 0. The summed E-state index contributed by atoms with van der Waals surface area (Å²) < 4.78 is 0. The fraction of sp³-hybridized carbons (Fsp3) is 0. The smallest absolute Gasteiger partial charge is 0.164 e. The molecule has 0 unspecified atom stereocenters. The highest BCUT2D eigenvalue weighted by Crippen LogP contribution is 2.37. The lowest BCUT2D eigenvalue weighted by molar-refractivity contribution is 1.07. The molecule has 0 saturated heterocycles. The van der Waals surface area contributed by atoms with E-state index < -0.39 is 0 Å². The first-order valence-corrected chi connectivity index (χ1v) is 19.2. The standard InChI is InChI=1S/C52H34N6/c1-5-17-36(18-6-1)45-31-30-42(34-46(45)52-57-48(38-21-9-3-10-22-38)53-49(58-52)39-23-11-4-12-24-39)41-26-15-27-43(33-41)50-54-47(37-19-7-2-8-20-37)55-51(56-50)44-29-28-35-16-13-14-25-40(35)32-44/h1-34H. The van der Waals surface area contributed by atoms with Crippen LogP contribution < -0.4 is 0 Å². The van der Waals surface area contributed by atoms with Gasteiger partial charge in [0.2, 0.25) is 0 Å². The predicted molar refractivity (Wildman–Crippen MR) is 234 cm³/mol. The zero-order chi connectivity index (χ0) is 38.7. The van der Waals surface area contributed by atoms with Gasteiger partial charge >= 0.3 is 0 Å². The lowest BCUT2D eigenvalue weighted by Gasteiger charge is -2.14. The molecular weight excluding hydrogens is 709 g/mol. The van der Waals surface area contributed by atoms with Crippen LogP contribution in [0.15, 0.2) is 206 Å². The molecule has 2 aromatic heterocycles.